The van der Waals surface area contributed by atoms with Gasteiger partial charge in [0.1, 0.15) is 0 Å². The molecule has 1 amide bonds. The number of fused-ring (bicyclic) bond motifs is 3. The van der Waals surface area contributed by atoms with E-state index in [9.17, 15) is 4.79 Å². The lowest BCUT2D eigenvalue weighted by Crippen LogP contribution is -2.51. The number of anilines is 1. The molecular formula is C21H24N2OS. The Morgan fingerprint density at radius 2 is 1.84 bits per heavy atom. The summed E-state index contributed by atoms with van der Waals surface area (Å²) in [6, 6.07) is 14.4. The number of carbonyl (C=O) groups is 1. The summed E-state index contributed by atoms with van der Waals surface area (Å²) in [5, 5.41) is 3.11. The summed E-state index contributed by atoms with van der Waals surface area (Å²) < 4.78 is 0. The SMILES string of the molecule is Cc1ccc(-c2ccc(NC(=O)C3CN4CCC3CC4)cc2S)cc1. The summed E-state index contributed by atoms with van der Waals surface area (Å²) >= 11 is 4.64. The van der Waals surface area contributed by atoms with E-state index >= 15 is 0 Å². The van der Waals surface area contributed by atoms with Crippen LogP contribution < -0.4 is 5.32 Å². The maximum absolute atomic E-state index is 12.7. The lowest BCUT2D eigenvalue weighted by atomic mass is 9.78. The third-order valence-electron chi connectivity index (χ3n) is 5.62. The minimum absolute atomic E-state index is 0.127. The highest BCUT2D eigenvalue weighted by Gasteiger charge is 2.38. The molecular weight excluding hydrogens is 328 g/mol. The molecule has 0 radical (unpaired) electrons. The molecule has 0 spiro atoms. The molecule has 3 aliphatic heterocycles. The quantitative estimate of drug-likeness (QED) is 0.810. The molecule has 2 aromatic rings. The lowest BCUT2D eigenvalue weighted by molar-refractivity contribution is -0.125. The monoisotopic (exact) mass is 352 g/mol. The fourth-order valence-corrected chi connectivity index (χ4v) is 4.43. The van der Waals surface area contributed by atoms with Crippen molar-refractivity contribution in [3.8, 4) is 11.1 Å². The van der Waals surface area contributed by atoms with Gasteiger partial charge in [-0.2, -0.15) is 0 Å². The highest BCUT2D eigenvalue weighted by molar-refractivity contribution is 7.80. The fourth-order valence-electron chi connectivity index (χ4n) is 4.08. The minimum Gasteiger partial charge on any atom is -0.326 e. The van der Waals surface area contributed by atoms with Gasteiger partial charge in [0.05, 0.1) is 5.92 Å². The van der Waals surface area contributed by atoms with Crippen LogP contribution in [0.5, 0.6) is 0 Å². The van der Waals surface area contributed by atoms with Gasteiger partial charge in [-0.1, -0.05) is 35.9 Å². The second-order valence-electron chi connectivity index (χ2n) is 7.33. The van der Waals surface area contributed by atoms with Gasteiger partial charge in [-0.05, 0) is 62.0 Å². The molecule has 1 unspecified atom stereocenters. The third kappa shape index (κ3) is 3.46. The molecule has 3 saturated heterocycles. The van der Waals surface area contributed by atoms with Crippen LogP contribution in [0.3, 0.4) is 0 Å². The smallest absolute Gasteiger partial charge is 0.229 e. The summed E-state index contributed by atoms with van der Waals surface area (Å²) in [5.41, 5.74) is 4.31. The van der Waals surface area contributed by atoms with Gasteiger partial charge in [0, 0.05) is 17.1 Å². The van der Waals surface area contributed by atoms with Gasteiger partial charge in [-0.25, -0.2) is 0 Å². The molecule has 4 heteroatoms. The Morgan fingerprint density at radius 1 is 1.12 bits per heavy atom. The predicted molar refractivity (Wildman–Crippen MR) is 105 cm³/mol. The molecule has 0 aromatic heterocycles. The van der Waals surface area contributed by atoms with Crippen LogP contribution >= 0.6 is 12.6 Å². The maximum Gasteiger partial charge on any atom is 0.229 e. The Morgan fingerprint density at radius 3 is 2.44 bits per heavy atom. The Balaban J connectivity index is 1.49. The van der Waals surface area contributed by atoms with Crippen molar-refractivity contribution in [3.63, 3.8) is 0 Å². The van der Waals surface area contributed by atoms with E-state index in [1.165, 1.54) is 5.56 Å². The second kappa shape index (κ2) is 6.85. The number of aryl methyl sites for hydroxylation is 1. The zero-order valence-corrected chi connectivity index (χ0v) is 15.4. The van der Waals surface area contributed by atoms with Crippen LogP contribution in [0.15, 0.2) is 47.4 Å². The molecule has 5 rings (SSSR count). The zero-order chi connectivity index (χ0) is 17.4. The van der Waals surface area contributed by atoms with E-state index in [0.29, 0.717) is 5.92 Å². The molecule has 25 heavy (non-hydrogen) atoms. The normalized spacial score (nSPS) is 25.0. The minimum atomic E-state index is 0.127. The van der Waals surface area contributed by atoms with Gasteiger partial charge >= 0.3 is 0 Å². The molecule has 2 bridgehead atoms. The highest BCUT2D eigenvalue weighted by Crippen LogP contribution is 2.34. The molecule has 3 aliphatic rings. The van der Waals surface area contributed by atoms with Crippen LogP contribution in [-0.4, -0.2) is 30.4 Å². The average Bonchev–Trinajstić information content (AvgIpc) is 2.64. The number of nitrogens with zero attached hydrogens (tertiary/aromatic N) is 1. The molecule has 3 heterocycles. The number of piperidine rings is 3. The molecule has 2 aromatic carbocycles. The van der Waals surface area contributed by atoms with Gasteiger partial charge in [0.25, 0.3) is 0 Å². The van der Waals surface area contributed by atoms with Crippen molar-refractivity contribution in [1.29, 1.82) is 0 Å². The molecule has 3 nitrogen and oxygen atoms in total. The van der Waals surface area contributed by atoms with Crippen molar-refractivity contribution in [1.82, 2.24) is 4.90 Å². The van der Waals surface area contributed by atoms with Crippen LogP contribution in [0.25, 0.3) is 11.1 Å². The summed E-state index contributed by atoms with van der Waals surface area (Å²) in [5.74, 6) is 0.833. The van der Waals surface area contributed by atoms with Crippen molar-refractivity contribution in [2.45, 2.75) is 24.7 Å². The molecule has 1 atom stereocenters. The Kier molecular flexibility index (Phi) is 4.57. The van der Waals surface area contributed by atoms with Gasteiger partial charge in [-0.3, -0.25) is 4.79 Å². The zero-order valence-electron chi connectivity index (χ0n) is 14.5. The van der Waals surface area contributed by atoms with Crippen molar-refractivity contribution >= 4 is 24.2 Å². The Hall–Kier alpha value is -1.78. The van der Waals surface area contributed by atoms with E-state index in [4.69, 9.17) is 0 Å². The van der Waals surface area contributed by atoms with E-state index in [1.807, 2.05) is 18.2 Å². The highest BCUT2D eigenvalue weighted by atomic mass is 32.1. The van der Waals surface area contributed by atoms with E-state index in [0.717, 1.165) is 54.2 Å². The average molecular weight is 353 g/mol. The van der Waals surface area contributed by atoms with Crippen molar-refractivity contribution in [3.05, 3.63) is 48.0 Å². The summed E-state index contributed by atoms with van der Waals surface area (Å²) in [7, 11) is 0. The first-order chi connectivity index (χ1) is 12.1. The molecule has 0 saturated carbocycles. The molecule has 0 aliphatic carbocycles. The number of hydrogen-bond acceptors (Lipinski definition) is 3. The second-order valence-corrected chi connectivity index (χ2v) is 7.81. The first-order valence-corrected chi connectivity index (χ1v) is 9.48. The van der Waals surface area contributed by atoms with Crippen molar-refractivity contribution in [2.24, 2.45) is 11.8 Å². The van der Waals surface area contributed by atoms with Gasteiger partial charge in [0.15, 0.2) is 0 Å². The van der Waals surface area contributed by atoms with Crippen LogP contribution in [-0.2, 0) is 4.79 Å². The van der Waals surface area contributed by atoms with E-state index in [1.54, 1.807) is 0 Å². The van der Waals surface area contributed by atoms with Crippen LogP contribution in [0, 0.1) is 18.8 Å². The number of amides is 1. The number of hydrogen-bond donors (Lipinski definition) is 2. The van der Waals surface area contributed by atoms with Crippen LogP contribution in [0.1, 0.15) is 18.4 Å². The maximum atomic E-state index is 12.7. The van der Waals surface area contributed by atoms with E-state index in [-0.39, 0.29) is 11.8 Å². The van der Waals surface area contributed by atoms with Crippen LogP contribution in [0.4, 0.5) is 5.69 Å². The lowest BCUT2D eigenvalue weighted by Gasteiger charge is -2.43. The summed E-state index contributed by atoms with van der Waals surface area (Å²) in [6.45, 7) is 5.30. The number of carbonyl (C=O) groups excluding carboxylic acids is 1. The molecule has 130 valence electrons. The van der Waals surface area contributed by atoms with E-state index in [2.05, 4.69) is 54.0 Å². The molecule has 3 fully saturated rings. The number of benzene rings is 2. The topological polar surface area (TPSA) is 32.3 Å². The Labute approximate surface area is 154 Å². The number of nitrogens with one attached hydrogen (secondary N) is 1. The van der Waals surface area contributed by atoms with Crippen molar-refractivity contribution in [2.75, 3.05) is 25.0 Å². The number of rotatable bonds is 3. The standard InChI is InChI=1S/C21H24N2OS/c1-14-2-4-15(5-3-14)18-7-6-17(12-20(18)25)22-21(24)19-13-23-10-8-16(19)9-11-23/h2-7,12,16,19,25H,8-11,13H2,1H3,(H,22,24). The van der Waals surface area contributed by atoms with Crippen LogP contribution in [0.2, 0.25) is 0 Å². The van der Waals surface area contributed by atoms with Gasteiger partial charge in [-0.15, -0.1) is 12.6 Å². The van der Waals surface area contributed by atoms with Crippen molar-refractivity contribution < 1.29 is 4.79 Å². The predicted octanol–water partition coefficient (Wildman–Crippen LogP) is 4.23. The fraction of sp³-hybridized carbons (Fsp3) is 0.381. The number of thiol groups is 1. The first kappa shape index (κ1) is 16.7. The van der Waals surface area contributed by atoms with E-state index < -0.39 is 0 Å². The third-order valence-corrected chi connectivity index (χ3v) is 5.99. The van der Waals surface area contributed by atoms with Gasteiger partial charge < -0.3 is 10.2 Å². The summed E-state index contributed by atoms with van der Waals surface area (Å²) in [4.78, 5) is 16.0. The Bertz CT molecular complexity index is 779. The summed E-state index contributed by atoms with van der Waals surface area (Å²) in [6.07, 6.45) is 2.31. The van der Waals surface area contributed by atoms with Gasteiger partial charge in [0.2, 0.25) is 5.91 Å². The largest absolute Gasteiger partial charge is 0.326 e. The first-order valence-electron chi connectivity index (χ1n) is 9.03. The molecule has 1 N–H and O–H groups in total.